The Bertz CT molecular complexity index is 1450. The van der Waals surface area contributed by atoms with Crippen molar-refractivity contribution < 1.29 is 34.1 Å². The summed E-state index contributed by atoms with van der Waals surface area (Å²) in [6.45, 7) is 5.67. The van der Waals surface area contributed by atoms with Crippen LogP contribution in [-0.4, -0.2) is 77.8 Å². The van der Waals surface area contributed by atoms with Crippen molar-refractivity contribution in [3.05, 3.63) is 107 Å². The number of hydrogen-bond acceptors (Lipinski definition) is 6. The number of methoxy groups -OCH3 is 1. The predicted molar refractivity (Wildman–Crippen MR) is 172 cm³/mol. The number of piperidine rings is 1. The van der Waals surface area contributed by atoms with Gasteiger partial charge >= 0.3 is 11.9 Å². The zero-order chi connectivity index (χ0) is 32.0. The molecule has 2 aliphatic rings. The standard InChI is InChI=1S/C32H38N2O3.C4H4O4/c1-36-29-11-6-8-25(22-29)14-15-27-9-3-5-13-31(27)37-21-7-18-33-19-16-26(17-20-33)23-34-24-28-10-2-4-12-30(28)32(34)35;5-3(6)1-2-4(7)8/h2-6,8-13,22,26H,7,14-21,23-24H2,1H3;1-2H,(H,5,6)(H,7,8)/b;2-1+. The zero-order valence-corrected chi connectivity index (χ0v) is 25.8. The van der Waals surface area contributed by atoms with Gasteiger partial charge in [-0.1, -0.05) is 48.5 Å². The molecule has 0 bridgehead atoms. The number of carbonyl (C=O) groups is 3. The van der Waals surface area contributed by atoms with E-state index in [1.54, 1.807) is 7.11 Å². The van der Waals surface area contributed by atoms with Gasteiger partial charge in [0.15, 0.2) is 0 Å². The molecule has 3 aromatic carbocycles. The molecule has 3 aromatic rings. The number of carboxylic acid groups (broad SMARTS) is 2. The van der Waals surface area contributed by atoms with Crippen molar-refractivity contribution >= 4 is 17.8 Å². The molecule has 2 N–H and O–H groups in total. The van der Waals surface area contributed by atoms with Crippen molar-refractivity contribution in [2.75, 3.05) is 39.9 Å². The van der Waals surface area contributed by atoms with E-state index in [9.17, 15) is 14.4 Å². The first-order valence-corrected chi connectivity index (χ1v) is 15.4. The van der Waals surface area contributed by atoms with Crippen LogP contribution in [-0.2, 0) is 29.0 Å². The van der Waals surface area contributed by atoms with E-state index in [1.165, 1.54) is 16.7 Å². The van der Waals surface area contributed by atoms with E-state index >= 15 is 0 Å². The minimum Gasteiger partial charge on any atom is -0.497 e. The van der Waals surface area contributed by atoms with Gasteiger partial charge in [0.2, 0.25) is 0 Å². The Morgan fingerprint density at radius 3 is 2.33 bits per heavy atom. The monoisotopic (exact) mass is 614 g/mol. The molecular weight excluding hydrogens is 572 g/mol. The van der Waals surface area contributed by atoms with Crippen LogP contribution in [0.5, 0.6) is 11.5 Å². The Morgan fingerprint density at radius 2 is 1.62 bits per heavy atom. The van der Waals surface area contributed by atoms with E-state index in [0.29, 0.717) is 18.1 Å². The van der Waals surface area contributed by atoms with Crippen LogP contribution in [0.15, 0.2) is 84.9 Å². The number of rotatable bonds is 13. The first-order chi connectivity index (χ1) is 21.8. The number of aryl methyl sites for hydroxylation is 2. The van der Waals surface area contributed by atoms with E-state index in [2.05, 4.69) is 47.4 Å². The lowest BCUT2D eigenvalue weighted by Gasteiger charge is -2.33. The van der Waals surface area contributed by atoms with Crippen LogP contribution in [0.25, 0.3) is 0 Å². The maximum absolute atomic E-state index is 12.7. The summed E-state index contributed by atoms with van der Waals surface area (Å²) in [4.78, 5) is 36.4. The van der Waals surface area contributed by atoms with Crippen molar-refractivity contribution in [3.63, 3.8) is 0 Å². The molecule has 0 radical (unpaired) electrons. The number of nitrogens with zero attached hydrogens (tertiary/aromatic N) is 2. The molecule has 45 heavy (non-hydrogen) atoms. The van der Waals surface area contributed by atoms with Gasteiger partial charge in [-0.05, 0) is 92.1 Å². The highest BCUT2D eigenvalue weighted by molar-refractivity contribution is 5.98. The summed E-state index contributed by atoms with van der Waals surface area (Å²) in [5.74, 6) is 0.197. The second-order valence-electron chi connectivity index (χ2n) is 11.3. The first kappa shape index (κ1) is 33.3. The van der Waals surface area contributed by atoms with Crippen molar-refractivity contribution in [1.29, 1.82) is 0 Å². The molecule has 9 heteroatoms. The summed E-state index contributed by atoms with van der Waals surface area (Å²) in [5, 5.41) is 15.6. The molecule has 9 nitrogen and oxygen atoms in total. The molecule has 1 saturated heterocycles. The molecular formula is C36H42N2O7. The van der Waals surface area contributed by atoms with Crippen molar-refractivity contribution in [1.82, 2.24) is 9.80 Å². The van der Waals surface area contributed by atoms with Gasteiger partial charge in [-0.15, -0.1) is 0 Å². The molecule has 2 aliphatic heterocycles. The molecule has 5 rings (SSSR count). The quantitative estimate of drug-likeness (QED) is 0.196. The maximum atomic E-state index is 12.7. The van der Waals surface area contributed by atoms with Crippen LogP contribution in [0.4, 0.5) is 0 Å². The van der Waals surface area contributed by atoms with Gasteiger partial charge in [-0.25, -0.2) is 9.59 Å². The molecule has 0 saturated carbocycles. The fraction of sp³-hybridized carbons (Fsp3) is 0.361. The van der Waals surface area contributed by atoms with Crippen LogP contribution in [0.1, 0.15) is 46.3 Å². The van der Waals surface area contributed by atoms with Crippen LogP contribution >= 0.6 is 0 Å². The van der Waals surface area contributed by atoms with Crippen LogP contribution in [0.2, 0.25) is 0 Å². The first-order valence-electron chi connectivity index (χ1n) is 15.4. The van der Waals surface area contributed by atoms with Gasteiger partial charge < -0.3 is 29.5 Å². The molecule has 1 fully saturated rings. The maximum Gasteiger partial charge on any atom is 0.328 e. The molecule has 0 spiro atoms. The lowest BCUT2D eigenvalue weighted by molar-refractivity contribution is -0.134. The van der Waals surface area contributed by atoms with Crippen LogP contribution in [0.3, 0.4) is 0 Å². The number of aliphatic carboxylic acids is 2. The van der Waals surface area contributed by atoms with Crippen molar-refractivity contribution in [3.8, 4) is 11.5 Å². The highest BCUT2D eigenvalue weighted by atomic mass is 16.5. The molecule has 1 amide bonds. The fourth-order valence-corrected chi connectivity index (χ4v) is 5.74. The second-order valence-corrected chi connectivity index (χ2v) is 11.3. The fourth-order valence-electron chi connectivity index (χ4n) is 5.74. The highest BCUT2D eigenvalue weighted by Gasteiger charge is 2.30. The Kier molecular flexibility index (Phi) is 12.6. The average molecular weight is 615 g/mol. The third-order valence-corrected chi connectivity index (χ3v) is 8.12. The van der Waals surface area contributed by atoms with Gasteiger partial charge in [0.25, 0.3) is 5.91 Å². The van der Waals surface area contributed by atoms with Gasteiger partial charge in [-0.2, -0.15) is 0 Å². The molecule has 238 valence electrons. The van der Waals surface area contributed by atoms with Gasteiger partial charge in [0.05, 0.1) is 13.7 Å². The molecule has 0 unspecified atom stereocenters. The highest BCUT2D eigenvalue weighted by Crippen LogP contribution is 2.27. The number of amides is 1. The average Bonchev–Trinajstić information content (AvgIpc) is 3.37. The minimum absolute atomic E-state index is 0.207. The summed E-state index contributed by atoms with van der Waals surface area (Å²) in [5.41, 5.74) is 4.59. The molecule has 0 aliphatic carbocycles. The third kappa shape index (κ3) is 10.5. The number of carboxylic acids is 2. The minimum atomic E-state index is -1.26. The molecule has 0 aromatic heterocycles. The normalized spacial score (nSPS) is 15.0. The largest absolute Gasteiger partial charge is 0.497 e. The number of hydrogen-bond donors (Lipinski definition) is 2. The topological polar surface area (TPSA) is 117 Å². The number of likely N-dealkylation sites (tertiary alicyclic amines) is 1. The Labute approximate surface area is 264 Å². The van der Waals surface area contributed by atoms with E-state index < -0.39 is 11.9 Å². The van der Waals surface area contributed by atoms with Gasteiger partial charge in [0, 0.05) is 37.3 Å². The van der Waals surface area contributed by atoms with E-state index in [-0.39, 0.29) is 5.91 Å². The smallest absolute Gasteiger partial charge is 0.328 e. The lowest BCUT2D eigenvalue weighted by atomic mass is 9.96. The second kappa shape index (κ2) is 17.0. The molecule has 2 heterocycles. The summed E-state index contributed by atoms with van der Waals surface area (Å²) >= 11 is 0. The van der Waals surface area contributed by atoms with E-state index in [1.807, 2.05) is 35.2 Å². The van der Waals surface area contributed by atoms with Crippen molar-refractivity contribution in [2.45, 2.75) is 38.6 Å². The summed E-state index contributed by atoms with van der Waals surface area (Å²) in [7, 11) is 1.71. The number of ether oxygens (including phenoxy) is 2. The van der Waals surface area contributed by atoms with E-state index in [0.717, 1.165) is 88.5 Å². The van der Waals surface area contributed by atoms with Crippen LogP contribution in [0, 0.1) is 5.92 Å². The van der Waals surface area contributed by atoms with Crippen LogP contribution < -0.4 is 9.47 Å². The SMILES string of the molecule is COc1cccc(CCc2ccccc2OCCCN2CCC(CN3Cc4ccccc4C3=O)CC2)c1.O=C(O)/C=C/C(=O)O. The zero-order valence-electron chi connectivity index (χ0n) is 25.8. The lowest BCUT2D eigenvalue weighted by Crippen LogP contribution is -2.39. The number of para-hydroxylation sites is 1. The number of carbonyl (C=O) groups excluding carboxylic acids is 1. The number of benzene rings is 3. The predicted octanol–water partition coefficient (Wildman–Crippen LogP) is 5.33. The Balaban J connectivity index is 0.000000510. The van der Waals surface area contributed by atoms with E-state index in [4.69, 9.17) is 19.7 Å². The van der Waals surface area contributed by atoms with Gasteiger partial charge in [0.1, 0.15) is 11.5 Å². The summed E-state index contributed by atoms with van der Waals surface area (Å²) in [6.07, 6.45) is 6.37. The third-order valence-electron chi connectivity index (χ3n) is 8.12. The summed E-state index contributed by atoms with van der Waals surface area (Å²) in [6, 6.07) is 24.7. The van der Waals surface area contributed by atoms with Gasteiger partial charge in [-0.3, -0.25) is 4.79 Å². The Hall–Kier alpha value is -4.63. The number of fused-ring (bicyclic) bond motifs is 1. The summed E-state index contributed by atoms with van der Waals surface area (Å²) < 4.78 is 11.6. The van der Waals surface area contributed by atoms with Crippen molar-refractivity contribution in [2.24, 2.45) is 5.92 Å². The molecule has 0 atom stereocenters. The Morgan fingerprint density at radius 1 is 0.911 bits per heavy atom.